The SMILES string of the molecule is C=CCc1cnc2cc(-c3ccc(/C=C/CCCC(C)F)cc3)ccc2n1. The maximum atomic E-state index is 12.8. The zero-order chi connectivity index (χ0) is 19.1. The Balaban J connectivity index is 1.70. The highest BCUT2D eigenvalue weighted by Crippen LogP contribution is 2.23. The molecule has 0 aliphatic rings. The zero-order valence-corrected chi connectivity index (χ0v) is 15.7. The first kappa shape index (κ1) is 19.0. The fourth-order valence-corrected chi connectivity index (χ4v) is 3.00. The normalized spacial score (nSPS) is 12.5. The number of nitrogens with zero attached hydrogens (tertiary/aromatic N) is 2. The number of rotatable bonds is 8. The van der Waals surface area contributed by atoms with E-state index in [4.69, 9.17) is 0 Å². The van der Waals surface area contributed by atoms with E-state index in [2.05, 4.69) is 65.1 Å². The second-order valence-electron chi connectivity index (χ2n) is 6.79. The van der Waals surface area contributed by atoms with Gasteiger partial charge in [0.1, 0.15) is 0 Å². The van der Waals surface area contributed by atoms with Crippen LogP contribution in [0.3, 0.4) is 0 Å². The smallest absolute Gasteiger partial charge is 0.0973 e. The molecule has 27 heavy (non-hydrogen) atoms. The van der Waals surface area contributed by atoms with Crippen molar-refractivity contribution in [2.45, 2.75) is 38.8 Å². The summed E-state index contributed by atoms with van der Waals surface area (Å²) < 4.78 is 12.8. The Labute approximate surface area is 160 Å². The van der Waals surface area contributed by atoms with E-state index in [1.807, 2.05) is 18.3 Å². The van der Waals surface area contributed by atoms with E-state index in [9.17, 15) is 4.39 Å². The van der Waals surface area contributed by atoms with Crippen molar-refractivity contribution in [3.05, 3.63) is 78.6 Å². The Morgan fingerprint density at radius 2 is 1.85 bits per heavy atom. The number of unbranched alkanes of at least 4 members (excludes halogenated alkanes) is 1. The summed E-state index contributed by atoms with van der Waals surface area (Å²) in [4.78, 5) is 9.13. The lowest BCUT2D eigenvalue weighted by atomic mass is 10.0. The lowest BCUT2D eigenvalue weighted by molar-refractivity contribution is 0.335. The summed E-state index contributed by atoms with van der Waals surface area (Å²) in [6.07, 6.45) is 10.3. The largest absolute Gasteiger partial charge is 0.253 e. The number of fused-ring (bicyclic) bond motifs is 1. The summed E-state index contributed by atoms with van der Waals surface area (Å²) in [5.41, 5.74) is 6.16. The molecule has 2 nitrogen and oxygen atoms in total. The molecule has 2 aromatic carbocycles. The summed E-state index contributed by atoms with van der Waals surface area (Å²) in [5.74, 6) is 0. The van der Waals surface area contributed by atoms with Crippen LogP contribution in [0.25, 0.3) is 28.2 Å². The van der Waals surface area contributed by atoms with Gasteiger partial charge in [-0.25, -0.2) is 9.37 Å². The monoisotopic (exact) mass is 360 g/mol. The first-order valence-electron chi connectivity index (χ1n) is 9.43. The van der Waals surface area contributed by atoms with Crippen LogP contribution in [0.15, 0.2) is 67.4 Å². The van der Waals surface area contributed by atoms with E-state index in [1.165, 1.54) is 0 Å². The molecule has 0 bridgehead atoms. The van der Waals surface area contributed by atoms with Crippen LogP contribution in [0, 0.1) is 0 Å². The maximum absolute atomic E-state index is 12.8. The summed E-state index contributed by atoms with van der Waals surface area (Å²) in [6, 6.07) is 14.6. The molecule has 3 aromatic rings. The Hall–Kier alpha value is -2.81. The number of hydrogen-bond acceptors (Lipinski definition) is 2. The van der Waals surface area contributed by atoms with Gasteiger partial charge in [-0.1, -0.05) is 48.6 Å². The maximum Gasteiger partial charge on any atom is 0.0973 e. The summed E-state index contributed by atoms with van der Waals surface area (Å²) >= 11 is 0. The third kappa shape index (κ3) is 5.33. The number of benzene rings is 2. The first-order valence-corrected chi connectivity index (χ1v) is 9.43. The fraction of sp³-hybridized carbons (Fsp3) is 0.250. The minimum atomic E-state index is -0.710. The zero-order valence-electron chi connectivity index (χ0n) is 15.7. The average Bonchev–Trinajstić information content (AvgIpc) is 2.68. The van der Waals surface area contributed by atoms with Gasteiger partial charge in [0.15, 0.2) is 0 Å². The molecule has 0 spiro atoms. The van der Waals surface area contributed by atoms with E-state index in [0.29, 0.717) is 6.42 Å². The van der Waals surface area contributed by atoms with Crippen LogP contribution >= 0.6 is 0 Å². The molecular weight excluding hydrogens is 335 g/mol. The van der Waals surface area contributed by atoms with Gasteiger partial charge in [0.25, 0.3) is 0 Å². The molecule has 0 saturated carbocycles. The molecule has 1 unspecified atom stereocenters. The predicted molar refractivity (Wildman–Crippen MR) is 112 cm³/mol. The number of alkyl halides is 1. The lowest BCUT2D eigenvalue weighted by Gasteiger charge is -2.05. The van der Waals surface area contributed by atoms with E-state index in [0.717, 1.165) is 52.7 Å². The minimum absolute atomic E-state index is 0.628. The molecule has 1 atom stereocenters. The van der Waals surface area contributed by atoms with Crippen LogP contribution in [0.4, 0.5) is 4.39 Å². The van der Waals surface area contributed by atoms with Crippen molar-refractivity contribution in [2.75, 3.05) is 0 Å². The molecule has 3 rings (SSSR count). The molecule has 0 amide bonds. The van der Waals surface area contributed by atoms with Gasteiger partial charge in [-0.05, 0) is 55.0 Å². The van der Waals surface area contributed by atoms with Crippen molar-refractivity contribution >= 4 is 17.1 Å². The minimum Gasteiger partial charge on any atom is -0.253 e. The van der Waals surface area contributed by atoms with Gasteiger partial charge in [-0.3, -0.25) is 4.98 Å². The van der Waals surface area contributed by atoms with Gasteiger partial charge in [0, 0.05) is 12.6 Å². The van der Waals surface area contributed by atoms with Crippen LogP contribution in [-0.2, 0) is 6.42 Å². The molecular formula is C24H25FN2. The predicted octanol–water partition coefficient (Wildman–Crippen LogP) is 6.57. The standard InChI is InChI=1S/C24H25FN2/c1-3-7-22-17-26-24-16-21(14-15-23(24)27-22)20-12-10-19(11-13-20)9-6-4-5-8-18(2)25/h3,6,9-18H,1,4-5,7-8H2,2H3/b9-6+. The van der Waals surface area contributed by atoms with Gasteiger partial charge in [-0.15, -0.1) is 6.58 Å². The average molecular weight is 360 g/mol. The van der Waals surface area contributed by atoms with Gasteiger partial charge >= 0.3 is 0 Å². The Morgan fingerprint density at radius 3 is 2.59 bits per heavy atom. The van der Waals surface area contributed by atoms with Crippen molar-refractivity contribution in [3.63, 3.8) is 0 Å². The van der Waals surface area contributed by atoms with E-state index in [-0.39, 0.29) is 0 Å². The third-order valence-corrected chi connectivity index (χ3v) is 4.47. The highest BCUT2D eigenvalue weighted by atomic mass is 19.1. The van der Waals surface area contributed by atoms with Crippen LogP contribution in [0.5, 0.6) is 0 Å². The Bertz CT molecular complexity index is 927. The second kappa shape index (κ2) is 9.22. The fourth-order valence-electron chi connectivity index (χ4n) is 3.00. The van der Waals surface area contributed by atoms with Crippen molar-refractivity contribution in [1.82, 2.24) is 9.97 Å². The number of halogens is 1. The van der Waals surface area contributed by atoms with Crippen molar-refractivity contribution in [2.24, 2.45) is 0 Å². The van der Waals surface area contributed by atoms with Gasteiger partial charge in [-0.2, -0.15) is 0 Å². The van der Waals surface area contributed by atoms with Gasteiger partial charge in [0.05, 0.1) is 22.9 Å². The Morgan fingerprint density at radius 1 is 1.07 bits per heavy atom. The second-order valence-corrected chi connectivity index (χ2v) is 6.79. The number of hydrogen-bond donors (Lipinski definition) is 0. The first-order chi connectivity index (χ1) is 13.2. The molecule has 0 fully saturated rings. The number of aromatic nitrogens is 2. The van der Waals surface area contributed by atoms with Crippen molar-refractivity contribution < 1.29 is 4.39 Å². The quantitative estimate of drug-likeness (QED) is 0.335. The molecule has 0 aliphatic carbocycles. The Kier molecular flexibility index (Phi) is 6.48. The van der Waals surface area contributed by atoms with Crippen LogP contribution < -0.4 is 0 Å². The molecule has 1 heterocycles. The van der Waals surface area contributed by atoms with Crippen LogP contribution in [-0.4, -0.2) is 16.1 Å². The molecule has 1 aromatic heterocycles. The molecule has 0 saturated heterocycles. The molecule has 138 valence electrons. The van der Waals surface area contributed by atoms with E-state index < -0.39 is 6.17 Å². The van der Waals surface area contributed by atoms with Crippen LogP contribution in [0.1, 0.15) is 37.4 Å². The number of allylic oxidation sites excluding steroid dienone is 2. The van der Waals surface area contributed by atoms with Crippen molar-refractivity contribution in [1.29, 1.82) is 0 Å². The topological polar surface area (TPSA) is 25.8 Å². The lowest BCUT2D eigenvalue weighted by Crippen LogP contribution is -1.91. The highest BCUT2D eigenvalue weighted by Gasteiger charge is 2.03. The molecule has 0 aliphatic heterocycles. The van der Waals surface area contributed by atoms with Gasteiger partial charge in [0.2, 0.25) is 0 Å². The molecule has 0 N–H and O–H groups in total. The van der Waals surface area contributed by atoms with E-state index in [1.54, 1.807) is 6.92 Å². The van der Waals surface area contributed by atoms with E-state index >= 15 is 0 Å². The van der Waals surface area contributed by atoms with Crippen LogP contribution in [0.2, 0.25) is 0 Å². The van der Waals surface area contributed by atoms with Crippen molar-refractivity contribution in [3.8, 4) is 11.1 Å². The summed E-state index contributed by atoms with van der Waals surface area (Å²) in [7, 11) is 0. The summed E-state index contributed by atoms with van der Waals surface area (Å²) in [5, 5.41) is 0. The summed E-state index contributed by atoms with van der Waals surface area (Å²) in [6.45, 7) is 5.36. The third-order valence-electron chi connectivity index (χ3n) is 4.47. The highest BCUT2D eigenvalue weighted by molar-refractivity contribution is 5.81. The molecule has 0 radical (unpaired) electrons. The molecule has 3 heteroatoms. The van der Waals surface area contributed by atoms with Gasteiger partial charge < -0.3 is 0 Å².